The van der Waals surface area contributed by atoms with Gasteiger partial charge in [-0.05, 0) is 51.6 Å². The van der Waals surface area contributed by atoms with E-state index in [9.17, 15) is 0 Å². The molecule has 2 nitrogen and oxygen atoms in total. The van der Waals surface area contributed by atoms with Crippen LogP contribution in [-0.2, 0) is 0 Å². The Balaban J connectivity index is 2.98. The van der Waals surface area contributed by atoms with Gasteiger partial charge in [0, 0.05) is 11.6 Å². The highest BCUT2D eigenvalue weighted by Crippen LogP contribution is 2.33. The molecule has 0 heterocycles. The first-order valence-electron chi connectivity index (χ1n) is 7.85. The van der Waals surface area contributed by atoms with E-state index in [-0.39, 0.29) is 11.6 Å². The van der Waals surface area contributed by atoms with Gasteiger partial charge in [0.15, 0.2) is 0 Å². The van der Waals surface area contributed by atoms with Crippen LogP contribution >= 0.6 is 0 Å². The van der Waals surface area contributed by atoms with E-state index in [0.717, 1.165) is 25.9 Å². The van der Waals surface area contributed by atoms with Crippen molar-refractivity contribution in [3.63, 3.8) is 0 Å². The molecule has 1 aliphatic carbocycles. The molecule has 18 heavy (non-hydrogen) atoms. The lowest BCUT2D eigenvalue weighted by molar-refractivity contribution is 0.0720. The van der Waals surface area contributed by atoms with Gasteiger partial charge in [-0.15, -0.1) is 0 Å². The molecule has 0 bridgehead atoms. The van der Waals surface area contributed by atoms with Gasteiger partial charge >= 0.3 is 0 Å². The fourth-order valence-electron chi connectivity index (χ4n) is 3.68. The molecule has 1 rings (SSSR count). The largest absolute Gasteiger partial charge is 0.323 e. The monoisotopic (exact) mass is 252 g/mol. The van der Waals surface area contributed by atoms with E-state index in [1.165, 1.54) is 31.3 Å². The molecule has 0 aromatic heterocycles. The smallest absolute Gasteiger partial charge is 0.0441 e. The Morgan fingerprint density at radius 3 is 2.17 bits per heavy atom. The Morgan fingerprint density at radius 2 is 1.78 bits per heavy atom. The molecule has 106 valence electrons. The minimum absolute atomic E-state index is 0.159. The van der Waals surface area contributed by atoms with E-state index in [4.69, 9.17) is 5.73 Å². The van der Waals surface area contributed by atoms with Crippen LogP contribution in [0.1, 0.15) is 66.2 Å². The molecule has 0 spiro atoms. The van der Waals surface area contributed by atoms with Crippen molar-refractivity contribution in [2.45, 2.75) is 77.8 Å². The summed E-state index contributed by atoms with van der Waals surface area (Å²) in [5.74, 6) is 0. The summed E-state index contributed by atoms with van der Waals surface area (Å²) in [6, 6.07) is 0.215. The van der Waals surface area contributed by atoms with Crippen molar-refractivity contribution in [1.29, 1.82) is 0 Å². The summed E-state index contributed by atoms with van der Waals surface area (Å²) in [6.45, 7) is 11.3. The van der Waals surface area contributed by atoms with Crippen molar-refractivity contribution < 1.29 is 0 Å². The molecular formula is C16H32N2. The van der Waals surface area contributed by atoms with E-state index in [0.29, 0.717) is 0 Å². The first-order valence-corrected chi connectivity index (χ1v) is 7.85. The lowest BCUT2D eigenvalue weighted by atomic mass is 9.76. The maximum atomic E-state index is 6.69. The van der Waals surface area contributed by atoms with Crippen LogP contribution in [0.15, 0.2) is 11.6 Å². The zero-order valence-corrected chi connectivity index (χ0v) is 12.8. The number of nitrogens with zero attached hydrogens (tertiary/aromatic N) is 1. The van der Waals surface area contributed by atoms with E-state index < -0.39 is 0 Å². The van der Waals surface area contributed by atoms with Gasteiger partial charge in [-0.25, -0.2) is 0 Å². The van der Waals surface area contributed by atoms with E-state index in [2.05, 4.69) is 38.7 Å². The minimum Gasteiger partial charge on any atom is -0.323 e. The molecule has 0 aromatic carbocycles. The Hall–Kier alpha value is -0.340. The molecule has 0 aromatic rings. The average molecular weight is 252 g/mol. The third-order valence-electron chi connectivity index (χ3n) is 4.92. The Bertz CT molecular complexity index is 262. The second-order valence-corrected chi connectivity index (χ2v) is 5.49. The maximum absolute atomic E-state index is 6.69. The first-order chi connectivity index (χ1) is 8.66. The summed E-state index contributed by atoms with van der Waals surface area (Å²) < 4.78 is 0. The topological polar surface area (TPSA) is 29.3 Å². The SMILES string of the molecule is CCN(CC)C(CC)(CC)C(N)C1=CCCCC1. The molecule has 0 amide bonds. The zero-order chi connectivity index (χ0) is 13.6. The lowest BCUT2D eigenvalue weighted by Gasteiger charge is -2.47. The van der Waals surface area contributed by atoms with Crippen LogP contribution < -0.4 is 5.73 Å². The minimum atomic E-state index is 0.159. The predicted molar refractivity (Wildman–Crippen MR) is 80.8 cm³/mol. The highest BCUT2D eigenvalue weighted by atomic mass is 15.2. The van der Waals surface area contributed by atoms with Crippen molar-refractivity contribution in [3.05, 3.63) is 11.6 Å². The summed E-state index contributed by atoms with van der Waals surface area (Å²) in [5.41, 5.74) is 8.36. The highest BCUT2D eigenvalue weighted by molar-refractivity contribution is 5.20. The summed E-state index contributed by atoms with van der Waals surface area (Å²) in [5, 5.41) is 0. The van der Waals surface area contributed by atoms with Crippen LogP contribution in [0.5, 0.6) is 0 Å². The molecule has 0 radical (unpaired) electrons. The molecule has 0 saturated carbocycles. The van der Waals surface area contributed by atoms with E-state index in [1.54, 1.807) is 0 Å². The van der Waals surface area contributed by atoms with Gasteiger partial charge in [-0.1, -0.05) is 39.3 Å². The van der Waals surface area contributed by atoms with E-state index >= 15 is 0 Å². The normalized spacial score (nSPS) is 18.9. The number of allylic oxidation sites excluding steroid dienone is 1. The van der Waals surface area contributed by atoms with Gasteiger partial charge in [-0.3, -0.25) is 4.90 Å². The first kappa shape index (κ1) is 15.7. The third kappa shape index (κ3) is 2.97. The molecule has 1 aliphatic rings. The van der Waals surface area contributed by atoms with Crippen LogP contribution in [0.3, 0.4) is 0 Å². The highest BCUT2D eigenvalue weighted by Gasteiger charge is 2.39. The van der Waals surface area contributed by atoms with Crippen molar-refractivity contribution in [1.82, 2.24) is 4.90 Å². The fourth-order valence-corrected chi connectivity index (χ4v) is 3.68. The van der Waals surface area contributed by atoms with Crippen LogP contribution in [0, 0.1) is 0 Å². The Labute approximate surface area is 114 Å². The molecule has 0 fully saturated rings. The Morgan fingerprint density at radius 1 is 1.17 bits per heavy atom. The summed E-state index contributed by atoms with van der Waals surface area (Å²) in [7, 11) is 0. The maximum Gasteiger partial charge on any atom is 0.0441 e. The molecule has 1 atom stereocenters. The zero-order valence-electron chi connectivity index (χ0n) is 12.8. The average Bonchev–Trinajstić information content (AvgIpc) is 2.45. The van der Waals surface area contributed by atoms with Crippen LogP contribution in [0.25, 0.3) is 0 Å². The summed E-state index contributed by atoms with van der Waals surface area (Å²) in [6.07, 6.45) is 9.80. The van der Waals surface area contributed by atoms with Gasteiger partial charge in [0.25, 0.3) is 0 Å². The van der Waals surface area contributed by atoms with Gasteiger partial charge in [-0.2, -0.15) is 0 Å². The number of likely N-dealkylation sites (N-methyl/N-ethyl adjacent to an activating group) is 1. The molecule has 0 saturated heterocycles. The standard InChI is InChI=1S/C16H32N2/c1-5-16(6-2,18(7-3)8-4)15(17)14-12-10-9-11-13-14/h12,15H,5-11,13,17H2,1-4H3. The quantitative estimate of drug-likeness (QED) is 0.700. The Kier molecular flexibility index (Phi) is 6.37. The predicted octanol–water partition coefficient (Wildman–Crippen LogP) is 3.71. The van der Waals surface area contributed by atoms with Crippen LogP contribution in [0.2, 0.25) is 0 Å². The summed E-state index contributed by atoms with van der Waals surface area (Å²) >= 11 is 0. The van der Waals surface area contributed by atoms with Gasteiger partial charge in [0.1, 0.15) is 0 Å². The molecular weight excluding hydrogens is 220 g/mol. The van der Waals surface area contributed by atoms with Crippen molar-refractivity contribution >= 4 is 0 Å². The van der Waals surface area contributed by atoms with Crippen molar-refractivity contribution in [2.24, 2.45) is 5.73 Å². The number of nitrogens with two attached hydrogens (primary N) is 1. The lowest BCUT2D eigenvalue weighted by Crippen LogP contribution is -2.60. The molecule has 0 aliphatic heterocycles. The number of rotatable bonds is 7. The van der Waals surface area contributed by atoms with E-state index in [1.807, 2.05) is 0 Å². The number of hydrogen-bond acceptors (Lipinski definition) is 2. The van der Waals surface area contributed by atoms with Crippen LogP contribution in [-0.4, -0.2) is 29.6 Å². The van der Waals surface area contributed by atoms with Gasteiger partial charge in [0.05, 0.1) is 0 Å². The van der Waals surface area contributed by atoms with Crippen molar-refractivity contribution in [2.75, 3.05) is 13.1 Å². The van der Waals surface area contributed by atoms with Crippen molar-refractivity contribution in [3.8, 4) is 0 Å². The van der Waals surface area contributed by atoms with Crippen LogP contribution in [0.4, 0.5) is 0 Å². The molecule has 2 heteroatoms. The second kappa shape index (κ2) is 7.30. The second-order valence-electron chi connectivity index (χ2n) is 5.49. The number of hydrogen-bond donors (Lipinski definition) is 1. The van der Waals surface area contributed by atoms with Gasteiger partial charge < -0.3 is 5.73 Å². The van der Waals surface area contributed by atoms with Gasteiger partial charge in [0.2, 0.25) is 0 Å². The summed E-state index contributed by atoms with van der Waals surface area (Å²) in [4.78, 5) is 2.58. The third-order valence-corrected chi connectivity index (χ3v) is 4.92. The molecule has 1 unspecified atom stereocenters. The fraction of sp³-hybridized carbons (Fsp3) is 0.875. The molecule has 2 N–H and O–H groups in total.